The third kappa shape index (κ3) is 16.1. The fourth-order valence-electron chi connectivity index (χ4n) is 0.510. The molecule has 0 aromatic carbocycles. The summed E-state index contributed by atoms with van der Waals surface area (Å²) in [5.41, 5.74) is 0. The van der Waals surface area contributed by atoms with Gasteiger partial charge >= 0.3 is 23.1 Å². The molecule has 58 valence electrons. The molecule has 0 N–H and O–H groups in total. The Morgan fingerprint density at radius 2 is 1.40 bits per heavy atom. The predicted octanol–water partition coefficient (Wildman–Crippen LogP) is -1.35. The third-order valence-electron chi connectivity index (χ3n) is 0.827. The molecule has 1 rings (SSSR count). The van der Waals surface area contributed by atoms with E-state index in [0.717, 1.165) is 13.2 Å². The summed E-state index contributed by atoms with van der Waals surface area (Å²) in [6.45, 7) is 6.00. The van der Waals surface area contributed by atoms with Crippen LogP contribution < -0.4 is 17.0 Å². The zero-order chi connectivity index (χ0) is 6.24. The Morgan fingerprint density at radius 1 is 1.10 bits per heavy atom. The van der Waals surface area contributed by atoms with Gasteiger partial charge < -0.3 is 28.1 Å². The number of ether oxygens (including phenoxy) is 1. The molecule has 1 aliphatic heterocycles. The van der Waals surface area contributed by atoms with Gasteiger partial charge in [0.25, 0.3) is 0 Å². The van der Waals surface area contributed by atoms with E-state index in [0.29, 0.717) is 0 Å². The number of halogens is 1. The van der Waals surface area contributed by atoms with Crippen molar-refractivity contribution in [3.05, 3.63) is 6.42 Å². The number of rotatable bonds is 0. The van der Waals surface area contributed by atoms with Gasteiger partial charge in [0.2, 0.25) is 0 Å². The first kappa shape index (κ1) is 17.3. The molecular weight excluding hydrogens is 204 g/mol. The first-order valence-electron chi connectivity index (χ1n) is 3.23. The summed E-state index contributed by atoms with van der Waals surface area (Å²) in [5, 5.41) is 0. The maximum absolute atomic E-state index is 4.94. The molecule has 0 saturated carbocycles. The number of hydrogen-bond acceptors (Lipinski definition) is 1. The predicted molar refractivity (Wildman–Crippen MR) is 41.5 cm³/mol. The summed E-state index contributed by atoms with van der Waals surface area (Å²) in [6.07, 6.45) is 4.56. The van der Waals surface area contributed by atoms with E-state index in [1.165, 1.54) is 12.8 Å². The summed E-state index contributed by atoms with van der Waals surface area (Å²) in [6, 6.07) is 0. The van der Waals surface area contributed by atoms with E-state index < -0.39 is 0 Å². The SMILES string of the molecule is C1CCOC1.C[CH-]C.[Br-].[Mg+2]. The summed E-state index contributed by atoms with van der Waals surface area (Å²) in [5.74, 6) is 0. The molecule has 1 heterocycles. The molecule has 0 atom stereocenters. The standard InChI is InChI=1S/C4H8O.C3H7.BrH.Mg/c1-2-4-5-3-1;1-3-2;;/h1-4H2;3H,1-2H3;1H;/q;-1;;+2/p-1. The number of hydrogen-bond donors (Lipinski definition) is 0. The van der Waals surface area contributed by atoms with Gasteiger partial charge in [-0.3, -0.25) is 0 Å². The van der Waals surface area contributed by atoms with E-state index in [4.69, 9.17) is 4.74 Å². The second-order valence-electron chi connectivity index (χ2n) is 1.90. The van der Waals surface area contributed by atoms with Crippen molar-refractivity contribution in [2.24, 2.45) is 0 Å². The smallest absolute Gasteiger partial charge is 1.00 e. The van der Waals surface area contributed by atoms with Crippen molar-refractivity contribution in [1.29, 1.82) is 0 Å². The molecule has 0 radical (unpaired) electrons. The Labute approximate surface area is 90.8 Å². The molecule has 1 nitrogen and oxygen atoms in total. The fourth-order valence-corrected chi connectivity index (χ4v) is 0.510. The molecular formula is C7H15BrMgO. The van der Waals surface area contributed by atoms with Crippen molar-refractivity contribution in [2.75, 3.05) is 13.2 Å². The average molecular weight is 219 g/mol. The van der Waals surface area contributed by atoms with Gasteiger partial charge in [0.05, 0.1) is 0 Å². The molecule has 1 saturated heterocycles. The Kier molecular flexibility index (Phi) is 28.9. The van der Waals surface area contributed by atoms with Crippen molar-refractivity contribution < 1.29 is 21.7 Å². The van der Waals surface area contributed by atoms with E-state index in [2.05, 4.69) is 0 Å². The van der Waals surface area contributed by atoms with Crippen LogP contribution in [0.15, 0.2) is 0 Å². The minimum atomic E-state index is 0. The zero-order valence-electron chi connectivity index (χ0n) is 6.90. The molecule has 0 aliphatic carbocycles. The minimum Gasteiger partial charge on any atom is -1.00 e. The van der Waals surface area contributed by atoms with Crippen LogP contribution in [0.3, 0.4) is 0 Å². The monoisotopic (exact) mass is 218 g/mol. The molecule has 0 unspecified atom stereocenters. The van der Waals surface area contributed by atoms with Gasteiger partial charge in [0.1, 0.15) is 0 Å². The van der Waals surface area contributed by atoms with E-state index in [9.17, 15) is 0 Å². The van der Waals surface area contributed by atoms with Gasteiger partial charge in [-0.15, -0.1) is 0 Å². The first-order chi connectivity index (χ1) is 3.91. The minimum absolute atomic E-state index is 0. The molecule has 0 bridgehead atoms. The van der Waals surface area contributed by atoms with E-state index >= 15 is 0 Å². The van der Waals surface area contributed by atoms with Crippen LogP contribution in [0.2, 0.25) is 0 Å². The second-order valence-corrected chi connectivity index (χ2v) is 1.90. The molecule has 1 aliphatic rings. The largest absolute Gasteiger partial charge is 2.00 e. The van der Waals surface area contributed by atoms with Gasteiger partial charge in [-0.25, -0.2) is 0 Å². The molecule has 10 heavy (non-hydrogen) atoms. The normalized spacial score (nSPS) is 13.8. The van der Waals surface area contributed by atoms with E-state index in [1.54, 1.807) is 0 Å². The quantitative estimate of drug-likeness (QED) is 0.362. The Hall–Kier alpha value is 1.21. The van der Waals surface area contributed by atoms with Crippen LogP contribution in [0.4, 0.5) is 0 Å². The van der Waals surface area contributed by atoms with Gasteiger partial charge in [0.15, 0.2) is 0 Å². The van der Waals surface area contributed by atoms with Crippen LogP contribution in [-0.4, -0.2) is 36.3 Å². The van der Waals surface area contributed by atoms with Crippen molar-refractivity contribution in [1.82, 2.24) is 0 Å². The Balaban J connectivity index is -0.0000000900. The van der Waals surface area contributed by atoms with Crippen LogP contribution in [0, 0.1) is 6.42 Å². The Morgan fingerprint density at radius 3 is 1.50 bits per heavy atom. The summed E-state index contributed by atoms with van der Waals surface area (Å²) in [4.78, 5) is 0. The van der Waals surface area contributed by atoms with Crippen molar-refractivity contribution in [3.8, 4) is 0 Å². The van der Waals surface area contributed by atoms with Crippen molar-refractivity contribution in [3.63, 3.8) is 0 Å². The van der Waals surface area contributed by atoms with Gasteiger partial charge in [-0.2, -0.15) is 13.8 Å². The maximum Gasteiger partial charge on any atom is 2.00 e. The van der Waals surface area contributed by atoms with Gasteiger partial charge in [-0.05, 0) is 12.8 Å². The van der Waals surface area contributed by atoms with Crippen LogP contribution in [0.1, 0.15) is 26.7 Å². The molecule has 0 aromatic rings. The topological polar surface area (TPSA) is 9.23 Å². The molecule has 1 fully saturated rings. The van der Waals surface area contributed by atoms with Crippen LogP contribution >= 0.6 is 0 Å². The Bertz CT molecular complexity index is 33.0. The molecule has 0 spiro atoms. The van der Waals surface area contributed by atoms with E-state index in [-0.39, 0.29) is 40.0 Å². The zero-order valence-corrected chi connectivity index (χ0v) is 9.90. The molecule has 3 heteroatoms. The summed E-state index contributed by atoms with van der Waals surface area (Å²) < 4.78 is 4.94. The van der Waals surface area contributed by atoms with Crippen molar-refractivity contribution >= 4 is 23.1 Å². The maximum atomic E-state index is 4.94. The average Bonchev–Trinajstić information content (AvgIpc) is 2.17. The molecule has 0 amide bonds. The first-order valence-corrected chi connectivity index (χ1v) is 3.23. The van der Waals surface area contributed by atoms with E-state index in [1.807, 2.05) is 20.3 Å². The van der Waals surface area contributed by atoms with Crippen LogP contribution in [0.25, 0.3) is 0 Å². The van der Waals surface area contributed by atoms with Crippen LogP contribution in [-0.2, 0) is 4.74 Å². The fraction of sp³-hybridized carbons (Fsp3) is 0.857. The van der Waals surface area contributed by atoms with Gasteiger partial charge in [0, 0.05) is 13.2 Å². The second kappa shape index (κ2) is 16.7. The molecule has 0 aromatic heterocycles. The summed E-state index contributed by atoms with van der Waals surface area (Å²) in [7, 11) is 0. The van der Waals surface area contributed by atoms with Crippen molar-refractivity contribution in [2.45, 2.75) is 26.7 Å². The van der Waals surface area contributed by atoms with Gasteiger partial charge in [-0.1, -0.05) is 0 Å². The van der Waals surface area contributed by atoms with Crippen LogP contribution in [0.5, 0.6) is 0 Å². The third-order valence-corrected chi connectivity index (χ3v) is 0.827. The summed E-state index contributed by atoms with van der Waals surface area (Å²) >= 11 is 0.